The molecule has 2 amide bonds. The summed E-state index contributed by atoms with van der Waals surface area (Å²) in [7, 11) is 4.62. The van der Waals surface area contributed by atoms with E-state index in [1.165, 1.54) is 30.9 Å². The molecular weight excluding hydrogens is 430 g/mol. The Hall–Kier alpha value is -3.65. The molecule has 0 saturated carbocycles. The molecule has 3 aromatic rings. The van der Waals surface area contributed by atoms with Crippen LogP contribution in [0.3, 0.4) is 0 Å². The lowest BCUT2D eigenvalue weighted by Crippen LogP contribution is -2.31. The van der Waals surface area contributed by atoms with Gasteiger partial charge in [-0.15, -0.1) is 11.8 Å². The largest absolute Gasteiger partial charge is 0.497 e. The van der Waals surface area contributed by atoms with Gasteiger partial charge in [-0.05, 0) is 54.1 Å². The van der Waals surface area contributed by atoms with Gasteiger partial charge >= 0.3 is 0 Å². The smallest absolute Gasteiger partial charge is 0.272 e. The number of carbonyl (C=O) groups is 2. The Balaban J connectivity index is 1.76. The van der Waals surface area contributed by atoms with E-state index in [0.29, 0.717) is 50.5 Å². The standard InChI is InChI=1S/C24H21NO6S/c1-28-17-9-7-16(8-10-17)25-23(26)21(15-6-11-19(29-2)20(13-15)30-3)22(24(25)27)32-14-18-5-4-12-31-18/h4-13H,14H2,1-3H3. The first-order chi connectivity index (χ1) is 15.6. The molecule has 8 heteroatoms. The van der Waals surface area contributed by atoms with Gasteiger partial charge in [-0.2, -0.15) is 0 Å². The van der Waals surface area contributed by atoms with Crippen LogP contribution < -0.4 is 19.1 Å². The highest BCUT2D eigenvalue weighted by molar-refractivity contribution is 8.03. The Morgan fingerprint density at radius 2 is 1.62 bits per heavy atom. The number of anilines is 1. The first kappa shape index (κ1) is 21.6. The molecule has 4 rings (SSSR count). The monoisotopic (exact) mass is 451 g/mol. The molecule has 1 aromatic heterocycles. The maximum Gasteiger partial charge on any atom is 0.272 e. The first-order valence-electron chi connectivity index (χ1n) is 9.72. The molecule has 1 aliphatic heterocycles. The number of benzene rings is 2. The summed E-state index contributed by atoms with van der Waals surface area (Å²) in [6, 6.07) is 15.5. The van der Waals surface area contributed by atoms with Crippen LogP contribution in [0.25, 0.3) is 5.57 Å². The number of methoxy groups -OCH3 is 3. The van der Waals surface area contributed by atoms with E-state index < -0.39 is 5.91 Å². The zero-order chi connectivity index (χ0) is 22.7. The van der Waals surface area contributed by atoms with E-state index in [1.807, 2.05) is 6.07 Å². The predicted molar refractivity (Wildman–Crippen MR) is 122 cm³/mol. The van der Waals surface area contributed by atoms with Crippen LogP contribution in [0.2, 0.25) is 0 Å². The molecule has 2 aromatic carbocycles. The van der Waals surface area contributed by atoms with Gasteiger partial charge in [0.1, 0.15) is 11.5 Å². The fraction of sp³-hybridized carbons (Fsp3) is 0.167. The van der Waals surface area contributed by atoms with Crippen molar-refractivity contribution in [1.29, 1.82) is 0 Å². The second-order valence-corrected chi connectivity index (χ2v) is 7.77. The molecule has 2 heterocycles. The summed E-state index contributed by atoms with van der Waals surface area (Å²) in [6.07, 6.45) is 1.57. The van der Waals surface area contributed by atoms with E-state index in [0.717, 1.165) is 0 Å². The third-order valence-corrected chi connectivity index (χ3v) is 6.08. The Kier molecular flexibility index (Phi) is 6.23. The number of rotatable bonds is 8. The van der Waals surface area contributed by atoms with Crippen molar-refractivity contribution in [3.8, 4) is 17.2 Å². The molecule has 0 fully saturated rings. The molecule has 0 bridgehead atoms. The predicted octanol–water partition coefficient (Wildman–Crippen LogP) is 4.52. The number of amides is 2. The number of ether oxygens (including phenoxy) is 3. The molecule has 1 aliphatic rings. The fourth-order valence-corrected chi connectivity index (χ4v) is 4.41. The minimum absolute atomic E-state index is 0.309. The van der Waals surface area contributed by atoms with Crippen LogP contribution in [-0.4, -0.2) is 33.1 Å². The number of hydrogen-bond donors (Lipinski definition) is 0. The van der Waals surface area contributed by atoms with Gasteiger partial charge in [-0.25, -0.2) is 4.90 Å². The summed E-state index contributed by atoms with van der Waals surface area (Å²) >= 11 is 1.26. The van der Waals surface area contributed by atoms with Crippen LogP contribution in [-0.2, 0) is 15.3 Å². The van der Waals surface area contributed by atoms with Gasteiger partial charge < -0.3 is 18.6 Å². The van der Waals surface area contributed by atoms with Crippen LogP contribution >= 0.6 is 11.8 Å². The van der Waals surface area contributed by atoms with E-state index >= 15 is 0 Å². The van der Waals surface area contributed by atoms with Crippen LogP contribution in [0.5, 0.6) is 17.2 Å². The average Bonchev–Trinajstić information content (AvgIpc) is 3.43. The summed E-state index contributed by atoms with van der Waals surface area (Å²) < 4.78 is 21.3. The van der Waals surface area contributed by atoms with Gasteiger partial charge in [0, 0.05) is 0 Å². The van der Waals surface area contributed by atoms with Gasteiger partial charge in [0.05, 0.1) is 49.5 Å². The summed E-state index contributed by atoms with van der Waals surface area (Å²) in [6.45, 7) is 0. The zero-order valence-electron chi connectivity index (χ0n) is 17.8. The lowest BCUT2D eigenvalue weighted by Gasteiger charge is -2.16. The average molecular weight is 452 g/mol. The normalized spacial score (nSPS) is 13.7. The maximum absolute atomic E-state index is 13.5. The second kappa shape index (κ2) is 9.23. The Bertz CT molecular complexity index is 1170. The fourth-order valence-electron chi connectivity index (χ4n) is 3.39. The van der Waals surface area contributed by atoms with Gasteiger partial charge in [0.25, 0.3) is 11.8 Å². The Morgan fingerprint density at radius 1 is 0.875 bits per heavy atom. The number of carbonyl (C=O) groups excluding carboxylic acids is 2. The number of imide groups is 1. The molecule has 164 valence electrons. The SMILES string of the molecule is COc1ccc(N2C(=O)C(SCc3ccco3)=C(c3ccc(OC)c(OC)c3)C2=O)cc1. The Labute approximate surface area is 189 Å². The number of thioether (sulfide) groups is 1. The van der Waals surface area contributed by atoms with Gasteiger partial charge in [0.15, 0.2) is 11.5 Å². The van der Waals surface area contributed by atoms with Gasteiger partial charge in [0.2, 0.25) is 0 Å². The van der Waals surface area contributed by atoms with Crippen molar-refractivity contribution in [2.24, 2.45) is 0 Å². The molecule has 0 unspecified atom stereocenters. The third-order valence-electron chi connectivity index (χ3n) is 4.98. The van der Waals surface area contributed by atoms with Gasteiger partial charge in [-0.1, -0.05) is 6.07 Å². The highest BCUT2D eigenvalue weighted by Crippen LogP contribution is 2.41. The summed E-state index contributed by atoms with van der Waals surface area (Å²) in [5.74, 6) is 1.96. The molecule has 0 atom stereocenters. The van der Waals surface area contributed by atoms with Crippen molar-refractivity contribution < 1.29 is 28.2 Å². The molecule has 0 aliphatic carbocycles. The van der Waals surface area contributed by atoms with Crippen molar-refractivity contribution in [1.82, 2.24) is 0 Å². The molecule has 0 spiro atoms. The highest BCUT2D eigenvalue weighted by atomic mass is 32.2. The first-order valence-corrected chi connectivity index (χ1v) is 10.7. The van der Waals surface area contributed by atoms with E-state index in [-0.39, 0.29) is 5.91 Å². The third kappa shape index (κ3) is 3.97. The molecule has 0 N–H and O–H groups in total. The van der Waals surface area contributed by atoms with E-state index in [1.54, 1.807) is 61.9 Å². The van der Waals surface area contributed by atoms with Crippen LogP contribution in [0, 0.1) is 0 Å². The van der Waals surface area contributed by atoms with Crippen molar-refractivity contribution in [3.63, 3.8) is 0 Å². The van der Waals surface area contributed by atoms with E-state index in [2.05, 4.69) is 0 Å². The zero-order valence-corrected chi connectivity index (χ0v) is 18.6. The number of furan rings is 1. The molecular formula is C24H21NO6S. The number of hydrogen-bond acceptors (Lipinski definition) is 7. The van der Waals surface area contributed by atoms with Crippen LogP contribution in [0.4, 0.5) is 5.69 Å². The van der Waals surface area contributed by atoms with Crippen molar-refractivity contribution in [2.45, 2.75) is 5.75 Å². The minimum atomic E-state index is -0.408. The van der Waals surface area contributed by atoms with Crippen molar-refractivity contribution in [3.05, 3.63) is 77.1 Å². The lowest BCUT2D eigenvalue weighted by molar-refractivity contribution is -0.119. The lowest BCUT2D eigenvalue weighted by atomic mass is 10.1. The van der Waals surface area contributed by atoms with E-state index in [4.69, 9.17) is 18.6 Å². The Morgan fingerprint density at radius 3 is 2.25 bits per heavy atom. The van der Waals surface area contributed by atoms with Crippen molar-refractivity contribution in [2.75, 3.05) is 26.2 Å². The molecule has 0 radical (unpaired) electrons. The van der Waals surface area contributed by atoms with E-state index in [9.17, 15) is 9.59 Å². The van der Waals surface area contributed by atoms with Gasteiger partial charge in [-0.3, -0.25) is 9.59 Å². The second-order valence-electron chi connectivity index (χ2n) is 6.79. The van der Waals surface area contributed by atoms with Crippen LogP contribution in [0.15, 0.2) is 70.2 Å². The van der Waals surface area contributed by atoms with Crippen molar-refractivity contribution >= 4 is 34.8 Å². The summed E-state index contributed by atoms with van der Waals surface area (Å²) in [4.78, 5) is 28.4. The summed E-state index contributed by atoms with van der Waals surface area (Å²) in [5, 5.41) is 0. The quantitative estimate of drug-likeness (QED) is 0.466. The molecule has 32 heavy (non-hydrogen) atoms. The van der Waals surface area contributed by atoms with Crippen LogP contribution in [0.1, 0.15) is 11.3 Å². The topological polar surface area (TPSA) is 78.2 Å². The summed E-state index contributed by atoms with van der Waals surface area (Å²) in [5.41, 5.74) is 1.34. The molecule has 7 nitrogen and oxygen atoms in total. The highest BCUT2D eigenvalue weighted by Gasteiger charge is 2.40. The minimum Gasteiger partial charge on any atom is -0.497 e. The number of nitrogens with zero attached hydrogens (tertiary/aromatic N) is 1. The molecule has 0 saturated heterocycles. The maximum atomic E-state index is 13.5.